The van der Waals surface area contributed by atoms with Gasteiger partial charge in [-0.15, -0.1) is 31.5 Å². The molecule has 0 aliphatic heterocycles. The smallest absolute Gasteiger partial charge is 0.344 e. The van der Waals surface area contributed by atoms with Crippen molar-refractivity contribution in [1.82, 2.24) is 0 Å². The summed E-state index contributed by atoms with van der Waals surface area (Å²) in [6.45, 7) is 15.1. The van der Waals surface area contributed by atoms with Crippen LogP contribution in [0.3, 0.4) is 0 Å². The lowest BCUT2D eigenvalue weighted by molar-refractivity contribution is -0.145. The first-order valence-electron chi connectivity index (χ1n) is 8.75. The molecule has 0 aromatic heterocycles. The number of carbonyl (C=O) groups is 1. The van der Waals surface area contributed by atoms with Crippen LogP contribution in [-0.2, 0) is 4.79 Å². The van der Waals surface area contributed by atoms with Crippen molar-refractivity contribution < 1.29 is 14.6 Å². The quantitative estimate of drug-likeness (QED) is 0.342. The minimum Gasteiger partial charge on any atom is -0.479 e. The number of thioether (sulfide) groups is 1. The largest absolute Gasteiger partial charge is 0.479 e. The Morgan fingerprint density at radius 3 is 2.31 bits per heavy atom. The molecular formula is C22H30O3S. The SMILES string of the molecule is C=CCCC(Oc1ccc(/C(=C/SCC=C)CC=C)cc1)C(=O)O.CC. The molecule has 1 rings (SSSR count). The Morgan fingerprint density at radius 1 is 1.15 bits per heavy atom. The highest BCUT2D eigenvalue weighted by atomic mass is 32.2. The summed E-state index contributed by atoms with van der Waals surface area (Å²) in [5, 5.41) is 11.3. The summed E-state index contributed by atoms with van der Waals surface area (Å²) < 4.78 is 5.57. The van der Waals surface area contributed by atoms with Crippen LogP contribution in [0, 0.1) is 0 Å². The predicted molar refractivity (Wildman–Crippen MR) is 115 cm³/mol. The number of aliphatic carboxylic acids is 1. The number of hydrogen-bond acceptors (Lipinski definition) is 3. The van der Waals surface area contributed by atoms with Gasteiger partial charge in [-0.05, 0) is 47.9 Å². The van der Waals surface area contributed by atoms with E-state index in [9.17, 15) is 9.90 Å². The van der Waals surface area contributed by atoms with Gasteiger partial charge in [-0.3, -0.25) is 0 Å². The number of carboxylic acid groups (broad SMARTS) is 1. The van der Waals surface area contributed by atoms with Crippen LogP contribution in [0.2, 0.25) is 0 Å². The van der Waals surface area contributed by atoms with Crippen LogP contribution in [0.5, 0.6) is 5.75 Å². The maximum atomic E-state index is 11.2. The van der Waals surface area contributed by atoms with Crippen LogP contribution in [0.25, 0.3) is 5.57 Å². The van der Waals surface area contributed by atoms with E-state index in [2.05, 4.69) is 25.1 Å². The molecular weight excluding hydrogens is 344 g/mol. The monoisotopic (exact) mass is 374 g/mol. The zero-order valence-corrected chi connectivity index (χ0v) is 16.6. The molecule has 0 spiro atoms. The molecule has 0 radical (unpaired) electrons. The van der Waals surface area contributed by atoms with Crippen molar-refractivity contribution in [3.05, 3.63) is 73.2 Å². The summed E-state index contributed by atoms with van der Waals surface area (Å²) in [6.07, 6.45) is 6.32. The van der Waals surface area contributed by atoms with Gasteiger partial charge in [0.15, 0.2) is 6.10 Å². The Hall–Kier alpha value is -2.20. The molecule has 1 N–H and O–H groups in total. The van der Waals surface area contributed by atoms with Crippen LogP contribution in [-0.4, -0.2) is 22.9 Å². The second-order valence-corrected chi connectivity index (χ2v) is 6.00. The fourth-order valence-corrected chi connectivity index (χ4v) is 2.69. The van der Waals surface area contributed by atoms with E-state index in [1.54, 1.807) is 30.0 Å². The first kappa shape index (κ1) is 23.8. The van der Waals surface area contributed by atoms with Crippen molar-refractivity contribution >= 4 is 23.3 Å². The van der Waals surface area contributed by atoms with Crippen molar-refractivity contribution in [2.45, 2.75) is 39.2 Å². The molecule has 0 aliphatic carbocycles. The van der Waals surface area contributed by atoms with Gasteiger partial charge in [-0.1, -0.05) is 44.2 Å². The Kier molecular flexibility index (Phi) is 13.8. The van der Waals surface area contributed by atoms with Crippen LogP contribution < -0.4 is 4.74 Å². The van der Waals surface area contributed by atoms with Crippen LogP contribution in [0.15, 0.2) is 67.6 Å². The van der Waals surface area contributed by atoms with E-state index in [-0.39, 0.29) is 0 Å². The zero-order chi connectivity index (χ0) is 19.8. The Balaban J connectivity index is 0.00000301. The standard InChI is InChI=1S/C20H24O3S.C2H6/c1-4-7-9-19(20(21)22)23-18-12-10-16(11-13-18)17(8-5-2)15-24-14-6-3;1-2/h4-6,10-13,15,19H,1-3,7-9,14H2,(H,21,22);1-2H3/b17-15+;. The predicted octanol–water partition coefficient (Wildman–Crippen LogP) is 6.35. The second-order valence-electron chi connectivity index (χ2n) is 5.09. The fraction of sp³-hybridized carbons (Fsp3) is 0.318. The van der Waals surface area contributed by atoms with Gasteiger partial charge in [0.2, 0.25) is 0 Å². The maximum Gasteiger partial charge on any atom is 0.344 e. The highest BCUT2D eigenvalue weighted by Crippen LogP contribution is 2.25. The van der Waals surface area contributed by atoms with Gasteiger partial charge in [-0.25, -0.2) is 4.79 Å². The minimum absolute atomic E-state index is 0.403. The van der Waals surface area contributed by atoms with E-state index in [4.69, 9.17) is 4.74 Å². The van der Waals surface area contributed by atoms with E-state index in [0.29, 0.717) is 18.6 Å². The van der Waals surface area contributed by atoms with Crippen molar-refractivity contribution in [3.8, 4) is 5.75 Å². The Morgan fingerprint density at radius 2 is 1.81 bits per heavy atom. The summed E-state index contributed by atoms with van der Waals surface area (Å²) in [4.78, 5) is 11.2. The number of benzene rings is 1. The van der Waals surface area contributed by atoms with Gasteiger partial charge >= 0.3 is 5.97 Å². The molecule has 0 fully saturated rings. The summed E-state index contributed by atoms with van der Waals surface area (Å²) in [6, 6.07) is 7.47. The first-order chi connectivity index (χ1) is 12.6. The molecule has 1 aromatic carbocycles. The van der Waals surface area contributed by atoms with Crippen LogP contribution in [0.1, 0.15) is 38.7 Å². The molecule has 3 nitrogen and oxygen atoms in total. The first-order valence-corrected chi connectivity index (χ1v) is 9.80. The van der Waals surface area contributed by atoms with E-state index in [1.165, 1.54) is 0 Å². The molecule has 1 aromatic rings. The molecule has 0 saturated heterocycles. The summed E-state index contributed by atoms with van der Waals surface area (Å²) >= 11 is 1.68. The van der Waals surface area contributed by atoms with Crippen molar-refractivity contribution in [1.29, 1.82) is 0 Å². The van der Waals surface area contributed by atoms with Crippen molar-refractivity contribution in [3.63, 3.8) is 0 Å². The van der Waals surface area contributed by atoms with Gasteiger partial charge in [0, 0.05) is 5.75 Å². The summed E-state index contributed by atoms with van der Waals surface area (Å²) in [7, 11) is 0. The number of carboxylic acids is 1. The zero-order valence-electron chi connectivity index (χ0n) is 15.8. The van der Waals surface area contributed by atoms with Gasteiger partial charge in [0.1, 0.15) is 5.75 Å². The lowest BCUT2D eigenvalue weighted by atomic mass is 10.0. The summed E-state index contributed by atoms with van der Waals surface area (Å²) in [5.41, 5.74) is 2.22. The van der Waals surface area contributed by atoms with Crippen LogP contribution >= 0.6 is 11.8 Å². The summed E-state index contributed by atoms with van der Waals surface area (Å²) in [5.74, 6) is 0.437. The molecule has 0 aliphatic rings. The minimum atomic E-state index is -0.964. The van der Waals surface area contributed by atoms with Gasteiger partial charge in [0.25, 0.3) is 0 Å². The lowest BCUT2D eigenvalue weighted by Crippen LogP contribution is -2.26. The average molecular weight is 375 g/mol. The highest BCUT2D eigenvalue weighted by molar-refractivity contribution is 8.02. The van der Waals surface area contributed by atoms with Gasteiger partial charge in [0.05, 0.1) is 0 Å². The number of hydrogen-bond donors (Lipinski definition) is 1. The topological polar surface area (TPSA) is 46.5 Å². The molecule has 0 amide bonds. The third kappa shape index (κ3) is 9.33. The molecule has 1 atom stereocenters. The Labute approximate surface area is 162 Å². The molecule has 0 heterocycles. The molecule has 26 heavy (non-hydrogen) atoms. The highest BCUT2D eigenvalue weighted by Gasteiger charge is 2.18. The third-order valence-corrected chi connectivity index (χ3v) is 4.10. The Bertz CT molecular complexity index is 588. The molecule has 0 saturated carbocycles. The molecule has 142 valence electrons. The van der Waals surface area contributed by atoms with Gasteiger partial charge < -0.3 is 9.84 Å². The molecule has 0 bridgehead atoms. The van der Waals surface area contributed by atoms with Crippen LogP contribution in [0.4, 0.5) is 0 Å². The number of rotatable bonds is 12. The lowest BCUT2D eigenvalue weighted by Gasteiger charge is -2.15. The van der Waals surface area contributed by atoms with Crippen molar-refractivity contribution in [2.24, 2.45) is 0 Å². The number of allylic oxidation sites excluding steroid dienone is 3. The van der Waals surface area contributed by atoms with E-state index in [1.807, 2.05) is 38.1 Å². The van der Waals surface area contributed by atoms with Gasteiger partial charge in [-0.2, -0.15) is 0 Å². The van der Waals surface area contributed by atoms with E-state index >= 15 is 0 Å². The van der Waals surface area contributed by atoms with E-state index in [0.717, 1.165) is 23.3 Å². The second kappa shape index (κ2) is 15.1. The molecule has 1 unspecified atom stereocenters. The van der Waals surface area contributed by atoms with Crippen molar-refractivity contribution in [2.75, 3.05) is 5.75 Å². The van der Waals surface area contributed by atoms with E-state index < -0.39 is 12.1 Å². The third-order valence-electron chi connectivity index (χ3n) is 3.22. The molecule has 4 heteroatoms. The normalized spacial score (nSPS) is 11.5. The fourth-order valence-electron chi connectivity index (χ4n) is 2.02. The average Bonchev–Trinajstić information content (AvgIpc) is 2.66. The number of ether oxygens (including phenoxy) is 1. The maximum absolute atomic E-state index is 11.2.